The molecule has 0 saturated carbocycles. The Balaban J connectivity index is 1.70. The van der Waals surface area contributed by atoms with Crippen LogP contribution >= 0.6 is 47.8 Å². The fourth-order valence-electron chi connectivity index (χ4n) is 3.54. The van der Waals surface area contributed by atoms with Gasteiger partial charge in [-0.3, -0.25) is 14.9 Å². The number of rotatable bonds is 6. The molecule has 8 nitrogen and oxygen atoms in total. The zero-order valence-corrected chi connectivity index (χ0v) is 24.8. The molecule has 0 amide bonds. The van der Waals surface area contributed by atoms with Crippen molar-refractivity contribution in [1.29, 1.82) is 0 Å². The Morgan fingerprint density at radius 2 is 1.76 bits per heavy atom. The van der Waals surface area contributed by atoms with E-state index < -0.39 is 10.3 Å². The lowest BCUT2D eigenvalue weighted by Gasteiger charge is -2.20. The molecule has 0 aliphatic heterocycles. The van der Waals surface area contributed by atoms with E-state index in [4.69, 9.17) is 4.74 Å². The molecule has 4 aromatic rings. The predicted molar refractivity (Wildman–Crippen MR) is 155 cm³/mol. The fourth-order valence-corrected chi connectivity index (χ4v) is 5.06. The van der Waals surface area contributed by atoms with E-state index in [1.807, 2.05) is 45.0 Å². The van der Waals surface area contributed by atoms with Gasteiger partial charge in [-0.25, -0.2) is 4.98 Å². The number of halogens is 3. The number of hydrogen-bond acceptors (Lipinski definition) is 6. The zero-order chi connectivity index (χ0) is 26.9. The quantitative estimate of drug-likeness (QED) is 0.120. The lowest BCUT2D eigenvalue weighted by molar-refractivity contribution is -0.385. The Kier molecular flexibility index (Phi) is 7.96. The van der Waals surface area contributed by atoms with Gasteiger partial charge >= 0.3 is 5.69 Å². The number of hydrogen-bond donors (Lipinski definition) is 0. The number of ether oxygens (including phenoxy) is 1. The first-order valence-electron chi connectivity index (χ1n) is 11.1. The van der Waals surface area contributed by atoms with Crippen LogP contribution in [-0.2, 0) is 12.0 Å². The van der Waals surface area contributed by atoms with Crippen molar-refractivity contribution in [2.45, 2.75) is 32.8 Å². The Bertz CT molecular complexity index is 1610. The molecule has 0 radical (unpaired) electrons. The van der Waals surface area contributed by atoms with Gasteiger partial charge in [0.15, 0.2) is 5.75 Å². The molecule has 0 aliphatic carbocycles. The molecule has 0 N–H and O–H groups in total. The summed E-state index contributed by atoms with van der Waals surface area (Å²) in [6.45, 7) is 5.95. The van der Waals surface area contributed by atoms with Gasteiger partial charge in [0.05, 0.1) is 22.0 Å². The average molecular weight is 693 g/mol. The molecule has 0 unspecified atom stereocenters. The third kappa shape index (κ3) is 6.16. The molecule has 37 heavy (non-hydrogen) atoms. The Morgan fingerprint density at radius 1 is 1.05 bits per heavy atom. The first kappa shape index (κ1) is 27.2. The van der Waals surface area contributed by atoms with E-state index in [2.05, 4.69) is 57.9 Å². The zero-order valence-electron chi connectivity index (χ0n) is 20.0. The highest BCUT2D eigenvalue weighted by Crippen LogP contribution is 2.30. The first-order chi connectivity index (χ1) is 17.4. The van der Waals surface area contributed by atoms with Crippen LogP contribution < -0.4 is 10.3 Å². The van der Waals surface area contributed by atoms with Crippen LogP contribution in [0, 0.1) is 10.1 Å². The number of nitro benzene ring substituents is 1. The molecule has 0 fully saturated rings. The maximum absolute atomic E-state index is 13.3. The summed E-state index contributed by atoms with van der Waals surface area (Å²) in [7, 11) is 0. The highest BCUT2D eigenvalue weighted by Gasteiger charge is 2.23. The van der Waals surface area contributed by atoms with Crippen LogP contribution in [0.15, 0.2) is 77.9 Å². The molecular formula is C26H21Br3N4O4. The maximum atomic E-state index is 13.3. The smallest absolute Gasteiger partial charge is 0.311 e. The van der Waals surface area contributed by atoms with E-state index in [1.165, 1.54) is 23.0 Å². The van der Waals surface area contributed by atoms with E-state index >= 15 is 0 Å². The molecule has 1 heterocycles. The molecule has 0 atom stereocenters. The third-order valence-corrected chi connectivity index (χ3v) is 7.10. The lowest BCUT2D eigenvalue weighted by atomic mass is 9.95. The van der Waals surface area contributed by atoms with Crippen LogP contribution in [0.5, 0.6) is 5.75 Å². The molecule has 3 aromatic carbocycles. The van der Waals surface area contributed by atoms with E-state index in [0.717, 1.165) is 19.0 Å². The Morgan fingerprint density at radius 3 is 2.43 bits per heavy atom. The SMILES string of the molecule is CC(C)(C)c1nc2ccc(Br)cc2c(=O)n1N=Cc1ccc(OCc2ccc(Br)cc2Br)c([N+](=O)[O-])c1. The van der Waals surface area contributed by atoms with E-state index in [0.29, 0.717) is 22.3 Å². The second kappa shape index (κ2) is 10.8. The van der Waals surface area contributed by atoms with Crippen molar-refractivity contribution < 1.29 is 9.66 Å². The summed E-state index contributed by atoms with van der Waals surface area (Å²) in [5.74, 6) is 0.597. The molecule has 0 spiro atoms. The summed E-state index contributed by atoms with van der Waals surface area (Å²) < 4.78 is 9.49. The summed E-state index contributed by atoms with van der Waals surface area (Å²) in [5.41, 5.74) is 0.822. The molecule has 1 aromatic heterocycles. The fraction of sp³-hybridized carbons (Fsp3) is 0.192. The molecule has 0 bridgehead atoms. The van der Waals surface area contributed by atoms with Crippen LogP contribution in [0.2, 0.25) is 0 Å². The van der Waals surface area contributed by atoms with E-state index in [-0.39, 0.29) is 23.6 Å². The molecule has 0 saturated heterocycles. The van der Waals surface area contributed by atoms with Crippen molar-refractivity contribution >= 4 is 70.6 Å². The van der Waals surface area contributed by atoms with Crippen molar-refractivity contribution in [2.75, 3.05) is 0 Å². The summed E-state index contributed by atoms with van der Waals surface area (Å²) in [6, 6.07) is 15.4. The van der Waals surface area contributed by atoms with Gasteiger partial charge in [-0.05, 0) is 42.5 Å². The lowest BCUT2D eigenvalue weighted by Crippen LogP contribution is -2.29. The summed E-state index contributed by atoms with van der Waals surface area (Å²) in [5, 5.41) is 16.6. The number of aromatic nitrogens is 2. The van der Waals surface area contributed by atoms with Crippen molar-refractivity contribution in [3.05, 3.63) is 105 Å². The molecule has 11 heteroatoms. The van der Waals surface area contributed by atoms with Crippen molar-refractivity contribution in [3.63, 3.8) is 0 Å². The number of benzene rings is 3. The number of nitro groups is 1. The minimum atomic E-state index is -0.509. The summed E-state index contributed by atoms with van der Waals surface area (Å²) >= 11 is 10.3. The van der Waals surface area contributed by atoms with Crippen LogP contribution in [0.3, 0.4) is 0 Å². The molecule has 4 rings (SSSR count). The summed E-state index contributed by atoms with van der Waals surface area (Å²) in [4.78, 5) is 29.3. The maximum Gasteiger partial charge on any atom is 0.311 e. The predicted octanol–water partition coefficient (Wildman–Crippen LogP) is 7.35. The van der Waals surface area contributed by atoms with Crippen LogP contribution in [0.1, 0.15) is 37.7 Å². The topological polar surface area (TPSA) is 99.6 Å². The standard InChI is InChI=1S/C26H21Br3N4O4/c1-26(2,3)25-31-21-8-7-17(27)11-19(21)24(34)32(25)30-13-15-4-9-23(22(10-15)33(35)36)37-14-16-5-6-18(28)12-20(16)29/h4-13H,14H2,1-3H3. The van der Waals surface area contributed by atoms with Crippen molar-refractivity contribution in [2.24, 2.45) is 5.10 Å². The van der Waals surface area contributed by atoms with Gasteiger partial charge in [-0.15, -0.1) is 0 Å². The second-order valence-electron chi connectivity index (χ2n) is 9.22. The minimum Gasteiger partial charge on any atom is -0.482 e. The van der Waals surface area contributed by atoms with Gasteiger partial charge < -0.3 is 4.74 Å². The Labute approximate surface area is 237 Å². The van der Waals surface area contributed by atoms with Crippen LogP contribution in [0.4, 0.5) is 5.69 Å². The number of nitrogens with zero attached hydrogens (tertiary/aromatic N) is 4. The normalized spacial score (nSPS) is 11.8. The van der Waals surface area contributed by atoms with Crippen LogP contribution in [-0.4, -0.2) is 20.8 Å². The molecule has 0 aliphatic rings. The highest BCUT2D eigenvalue weighted by molar-refractivity contribution is 9.11. The van der Waals surface area contributed by atoms with Gasteiger partial charge in [0.25, 0.3) is 5.56 Å². The largest absolute Gasteiger partial charge is 0.482 e. The monoisotopic (exact) mass is 690 g/mol. The third-order valence-electron chi connectivity index (χ3n) is 5.38. The van der Waals surface area contributed by atoms with Gasteiger partial charge in [0.2, 0.25) is 0 Å². The van der Waals surface area contributed by atoms with Crippen molar-refractivity contribution in [1.82, 2.24) is 9.66 Å². The van der Waals surface area contributed by atoms with Gasteiger partial charge in [-0.2, -0.15) is 9.78 Å². The highest BCUT2D eigenvalue weighted by atomic mass is 79.9. The second-order valence-corrected chi connectivity index (χ2v) is 11.9. The summed E-state index contributed by atoms with van der Waals surface area (Å²) in [6.07, 6.45) is 1.41. The molecular weight excluding hydrogens is 672 g/mol. The van der Waals surface area contributed by atoms with Crippen LogP contribution in [0.25, 0.3) is 10.9 Å². The van der Waals surface area contributed by atoms with Crippen molar-refractivity contribution in [3.8, 4) is 5.75 Å². The number of fused-ring (bicyclic) bond motifs is 1. The van der Waals surface area contributed by atoms with Gasteiger partial charge in [0, 0.05) is 36.0 Å². The first-order valence-corrected chi connectivity index (χ1v) is 13.4. The minimum absolute atomic E-state index is 0.127. The van der Waals surface area contributed by atoms with E-state index in [9.17, 15) is 14.9 Å². The van der Waals surface area contributed by atoms with Gasteiger partial charge in [0.1, 0.15) is 12.4 Å². The average Bonchev–Trinajstić information content (AvgIpc) is 2.82. The Hall–Kier alpha value is -2.89. The molecule has 190 valence electrons. The van der Waals surface area contributed by atoms with Gasteiger partial charge in [-0.1, -0.05) is 74.6 Å². The van der Waals surface area contributed by atoms with E-state index in [1.54, 1.807) is 18.2 Å².